The molecule has 1 unspecified atom stereocenters. The summed E-state index contributed by atoms with van der Waals surface area (Å²) < 4.78 is 20.4. The summed E-state index contributed by atoms with van der Waals surface area (Å²) in [6, 6.07) is 4.60. The molecule has 1 heterocycles. The Labute approximate surface area is 112 Å². The molecule has 1 atom stereocenters. The highest BCUT2D eigenvalue weighted by Gasteiger charge is 2.09. The Morgan fingerprint density at radius 3 is 2.89 bits per heavy atom. The summed E-state index contributed by atoms with van der Waals surface area (Å²) in [6.07, 6.45) is 1.61. The molecule has 3 nitrogen and oxygen atoms in total. The summed E-state index contributed by atoms with van der Waals surface area (Å²) in [4.78, 5) is 12.2. The number of pyridine rings is 1. The van der Waals surface area contributed by atoms with E-state index < -0.39 is 0 Å². The molecule has 0 radical (unpaired) electrons. The molecule has 0 bridgehead atoms. The van der Waals surface area contributed by atoms with Gasteiger partial charge in [-0.3, -0.25) is 4.79 Å². The highest BCUT2D eigenvalue weighted by Crippen LogP contribution is 2.20. The molecule has 0 N–H and O–H groups in total. The van der Waals surface area contributed by atoms with E-state index in [4.69, 9.17) is 4.74 Å². The Balaban J connectivity index is 2.57. The SMILES string of the molecule is COC(C)Cn1ccc2cc(F)c(Br)cc2c1=O. The average Bonchev–Trinajstić information content (AvgIpc) is 2.35. The van der Waals surface area contributed by atoms with Gasteiger partial charge in [-0.15, -0.1) is 0 Å². The molecule has 0 aliphatic heterocycles. The van der Waals surface area contributed by atoms with Gasteiger partial charge in [-0.05, 0) is 46.4 Å². The van der Waals surface area contributed by atoms with Gasteiger partial charge < -0.3 is 9.30 Å². The molecule has 96 valence electrons. The van der Waals surface area contributed by atoms with Crippen LogP contribution in [0.15, 0.2) is 33.7 Å². The van der Waals surface area contributed by atoms with Crippen LogP contribution < -0.4 is 5.56 Å². The van der Waals surface area contributed by atoms with Crippen LogP contribution in [0.1, 0.15) is 6.92 Å². The van der Waals surface area contributed by atoms with E-state index in [9.17, 15) is 9.18 Å². The van der Waals surface area contributed by atoms with Crippen molar-refractivity contribution < 1.29 is 9.13 Å². The predicted molar refractivity (Wildman–Crippen MR) is 72.3 cm³/mol. The number of hydrogen-bond acceptors (Lipinski definition) is 2. The Hall–Kier alpha value is -1.20. The van der Waals surface area contributed by atoms with Crippen molar-refractivity contribution in [3.63, 3.8) is 0 Å². The van der Waals surface area contributed by atoms with Crippen molar-refractivity contribution in [2.75, 3.05) is 7.11 Å². The summed E-state index contributed by atoms with van der Waals surface area (Å²) in [6.45, 7) is 2.36. The fourth-order valence-electron chi connectivity index (χ4n) is 1.77. The average molecular weight is 314 g/mol. The van der Waals surface area contributed by atoms with E-state index in [1.807, 2.05) is 6.92 Å². The smallest absolute Gasteiger partial charge is 0.258 e. The maximum Gasteiger partial charge on any atom is 0.258 e. The van der Waals surface area contributed by atoms with Crippen molar-refractivity contribution in [3.05, 3.63) is 45.0 Å². The van der Waals surface area contributed by atoms with Crippen LogP contribution in [-0.2, 0) is 11.3 Å². The highest BCUT2D eigenvalue weighted by molar-refractivity contribution is 9.10. The Bertz CT molecular complexity index is 639. The molecule has 0 aliphatic rings. The lowest BCUT2D eigenvalue weighted by atomic mass is 10.1. The predicted octanol–water partition coefficient (Wildman–Crippen LogP) is 2.94. The first-order valence-corrected chi connectivity index (χ1v) is 6.33. The molecule has 2 aromatic rings. The summed E-state index contributed by atoms with van der Waals surface area (Å²) in [5, 5.41) is 1.09. The van der Waals surface area contributed by atoms with Crippen LogP contribution in [-0.4, -0.2) is 17.8 Å². The van der Waals surface area contributed by atoms with Crippen LogP contribution in [0.3, 0.4) is 0 Å². The van der Waals surface area contributed by atoms with E-state index >= 15 is 0 Å². The van der Waals surface area contributed by atoms with Crippen molar-refractivity contribution in [2.24, 2.45) is 0 Å². The molecule has 0 spiro atoms. The lowest BCUT2D eigenvalue weighted by molar-refractivity contribution is 0.102. The minimum Gasteiger partial charge on any atom is -0.380 e. The standard InChI is InChI=1S/C13H13BrFNO2/c1-8(18-2)7-16-4-3-9-5-12(15)11(14)6-10(9)13(16)17/h3-6,8H,7H2,1-2H3. The number of methoxy groups -OCH3 is 1. The third-order valence-corrected chi connectivity index (χ3v) is 3.48. The van der Waals surface area contributed by atoms with Crippen molar-refractivity contribution in [2.45, 2.75) is 19.6 Å². The number of rotatable bonds is 3. The summed E-state index contributed by atoms with van der Waals surface area (Å²) >= 11 is 3.09. The molecule has 5 heteroatoms. The number of aromatic nitrogens is 1. The largest absolute Gasteiger partial charge is 0.380 e. The molecule has 1 aromatic carbocycles. The van der Waals surface area contributed by atoms with Gasteiger partial charge in [0.15, 0.2) is 0 Å². The quantitative estimate of drug-likeness (QED) is 0.872. The van der Waals surface area contributed by atoms with Crippen molar-refractivity contribution in [3.8, 4) is 0 Å². The van der Waals surface area contributed by atoms with Crippen molar-refractivity contribution in [1.29, 1.82) is 0 Å². The van der Waals surface area contributed by atoms with E-state index in [2.05, 4.69) is 15.9 Å². The van der Waals surface area contributed by atoms with E-state index in [0.29, 0.717) is 21.8 Å². The van der Waals surface area contributed by atoms with Gasteiger partial charge in [0.1, 0.15) is 5.82 Å². The number of hydrogen-bond donors (Lipinski definition) is 0. The van der Waals surface area contributed by atoms with E-state index in [-0.39, 0.29) is 17.5 Å². The molecule has 0 fully saturated rings. The topological polar surface area (TPSA) is 31.2 Å². The van der Waals surface area contributed by atoms with Crippen LogP contribution in [0.25, 0.3) is 10.8 Å². The molecule has 2 rings (SSSR count). The highest BCUT2D eigenvalue weighted by atomic mass is 79.9. The first-order valence-electron chi connectivity index (χ1n) is 5.54. The Morgan fingerprint density at radius 2 is 2.22 bits per heavy atom. The molecule has 0 aliphatic carbocycles. The third-order valence-electron chi connectivity index (χ3n) is 2.87. The van der Waals surface area contributed by atoms with E-state index in [1.54, 1.807) is 23.9 Å². The van der Waals surface area contributed by atoms with Gasteiger partial charge in [0, 0.05) is 18.7 Å². The maximum atomic E-state index is 13.4. The zero-order chi connectivity index (χ0) is 13.3. The number of fused-ring (bicyclic) bond motifs is 1. The molecule has 1 aromatic heterocycles. The first-order chi connectivity index (χ1) is 8.52. The van der Waals surface area contributed by atoms with Crippen molar-refractivity contribution >= 4 is 26.7 Å². The van der Waals surface area contributed by atoms with Crippen LogP contribution in [0.2, 0.25) is 0 Å². The van der Waals surface area contributed by atoms with Gasteiger partial charge in [0.25, 0.3) is 5.56 Å². The molecular weight excluding hydrogens is 301 g/mol. The fraction of sp³-hybridized carbons (Fsp3) is 0.308. The first kappa shape index (κ1) is 13.2. The Morgan fingerprint density at radius 1 is 1.50 bits per heavy atom. The minimum absolute atomic E-state index is 0.0518. The molecule has 0 saturated heterocycles. The number of halogens is 2. The monoisotopic (exact) mass is 313 g/mol. The second-order valence-corrected chi connectivity index (χ2v) is 5.03. The lowest BCUT2D eigenvalue weighted by Crippen LogP contribution is -2.25. The van der Waals surface area contributed by atoms with Gasteiger partial charge in [-0.25, -0.2) is 4.39 Å². The second-order valence-electron chi connectivity index (χ2n) is 4.17. The summed E-state index contributed by atoms with van der Waals surface area (Å²) in [5.74, 6) is -0.370. The molecule has 0 amide bonds. The van der Waals surface area contributed by atoms with Gasteiger partial charge in [0.05, 0.1) is 17.1 Å². The molecule has 0 saturated carbocycles. The van der Waals surface area contributed by atoms with E-state index in [0.717, 1.165) is 0 Å². The van der Waals surface area contributed by atoms with Crippen molar-refractivity contribution in [1.82, 2.24) is 4.57 Å². The normalized spacial score (nSPS) is 12.9. The third kappa shape index (κ3) is 2.47. The second kappa shape index (κ2) is 5.20. The van der Waals surface area contributed by atoms with Crippen LogP contribution in [0.4, 0.5) is 4.39 Å². The van der Waals surface area contributed by atoms with E-state index in [1.165, 1.54) is 12.1 Å². The fourth-order valence-corrected chi connectivity index (χ4v) is 2.12. The Kier molecular flexibility index (Phi) is 3.82. The van der Waals surface area contributed by atoms with Crippen LogP contribution in [0.5, 0.6) is 0 Å². The number of benzene rings is 1. The zero-order valence-corrected chi connectivity index (χ0v) is 11.7. The van der Waals surface area contributed by atoms with Crippen LogP contribution in [0, 0.1) is 5.82 Å². The van der Waals surface area contributed by atoms with Crippen LogP contribution >= 0.6 is 15.9 Å². The lowest BCUT2D eigenvalue weighted by Gasteiger charge is -2.12. The summed E-state index contributed by atoms with van der Waals surface area (Å²) in [5.41, 5.74) is -0.142. The zero-order valence-electron chi connectivity index (χ0n) is 10.1. The number of nitrogens with zero attached hydrogens (tertiary/aromatic N) is 1. The number of ether oxygens (including phenoxy) is 1. The summed E-state index contributed by atoms with van der Waals surface area (Å²) in [7, 11) is 1.60. The van der Waals surface area contributed by atoms with Gasteiger partial charge in [-0.1, -0.05) is 0 Å². The minimum atomic E-state index is -0.370. The molecular formula is C13H13BrFNO2. The van der Waals surface area contributed by atoms with Gasteiger partial charge >= 0.3 is 0 Å². The maximum absolute atomic E-state index is 13.4. The van der Waals surface area contributed by atoms with Gasteiger partial charge in [0.2, 0.25) is 0 Å². The molecule has 18 heavy (non-hydrogen) atoms. The van der Waals surface area contributed by atoms with Gasteiger partial charge in [-0.2, -0.15) is 0 Å².